The van der Waals surface area contributed by atoms with Gasteiger partial charge in [-0.1, -0.05) is 13.8 Å². The van der Waals surface area contributed by atoms with Gasteiger partial charge in [-0.25, -0.2) is 4.98 Å². The molecule has 0 spiro atoms. The number of aromatic nitrogens is 2. The van der Waals surface area contributed by atoms with Crippen LogP contribution in [0.15, 0.2) is 6.20 Å². The number of aryl methyl sites for hydroxylation is 1. The van der Waals surface area contributed by atoms with Crippen molar-refractivity contribution in [3.8, 4) is 0 Å². The highest BCUT2D eigenvalue weighted by molar-refractivity contribution is 5.12. The molecule has 0 radical (unpaired) electrons. The summed E-state index contributed by atoms with van der Waals surface area (Å²) in [6.45, 7) is 8.17. The van der Waals surface area contributed by atoms with Gasteiger partial charge in [-0.2, -0.15) is 0 Å². The molecule has 0 amide bonds. The van der Waals surface area contributed by atoms with Gasteiger partial charge in [-0.3, -0.25) is 4.90 Å². The third-order valence-corrected chi connectivity index (χ3v) is 4.38. The Balaban J connectivity index is 1.84. The molecule has 2 aliphatic rings. The van der Waals surface area contributed by atoms with Crippen LogP contribution in [0.3, 0.4) is 0 Å². The van der Waals surface area contributed by atoms with Gasteiger partial charge in [0.1, 0.15) is 5.82 Å². The van der Waals surface area contributed by atoms with Gasteiger partial charge < -0.3 is 4.57 Å². The molecule has 3 heteroatoms. The lowest BCUT2D eigenvalue weighted by molar-refractivity contribution is 0.267. The van der Waals surface area contributed by atoms with E-state index in [1.807, 2.05) is 0 Å². The molecule has 2 aliphatic heterocycles. The minimum Gasteiger partial charge on any atom is -0.335 e. The first-order valence-corrected chi connectivity index (χ1v) is 7.08. The zero-order chi connectivity index (χ0) is 11.8. The number of nitrogens with zero attached hydrogens (tertiary/aromatic N) is 3. The molecular formula is C14H23N3. The van der Waals surface area contributed by atoms with Crippen LogP contribution in [-0.4, -0.2) is 27.5 Å². The smallest absolute Gasteiger partial charge is 0.109 e. The molecular weight excluding hydrogens is 210 g/mol. The van der Waals surface area contributed by atoms with Crippen molar-refractivity contribution < 1.29 is 0 Å². The van der Waals surface area contributed by atoms with E-state index in [1.54, 1.807) is 0 Å². The van der Waals surface area contributed by atoms with Crippen LogP contribution >= 0.6 is 0 Å². The number of imidazole rings is 1. The van der Waals surface area contributed by atoms with Crippen molar-refractivity contribution >= 4 is 0 Å². The Morgan fingerprint density at radius 2 is 2.24 bits per heavy atom. The van der Waals surface area contributed by atoms with Gasteiger partial charge in [-0.05, 0) is 38.3 Å². The summed E-state index contributed by atoms with van der Waals surface area (Å²) >= 11 is 0. The molecule has 3 heterocycles. The normalized spacial score (nSPS) is 29.5. The molecule has 1 fully saturated rings. The van der Waals surface area contributed by atoms with Crippen molar-refractivity contribution in [3.05, 3.63) is 17.7 Å². The van der Waals surface area contributed by atoms with E-state index >= 15 is 0 Å². The van der Waals surface area contributed by atoms with E-state index in [0.717, 1.165) is 12.5 Å². The number of rotatable bonds is 2. The van der Waals surface area contributed by atoms with Crippen molar-refractivity contribution in [1.82, 2.24) is 14.5 Å². The van der Waals surface area contributed by atoms with E-state index < -0.39 is 0 Å². The summed E-state index contributed by atoms with van der Waals surface area (Å²) in [5, 5.41) is 0. The lowest BCUT2D eigenvalue weighted by Crippen LogP contribution is -2.22. The third kappa shape index (κ3) is 2.01. The van der Waals surface area contributed by atoms with Crippen LogP contribution in [0.2, 0.25) is 0 Å². The van der Waals surface area contributed by atoms with Gasteiger partial charge in [-0.15, -0.1) is 0 Å². The zero-order valence-corrected chi connectivity index (χ0v) is 11.0. The highest BCUT2D eigenvalue weighted by atomic mass is 15.2. The van der Waals surface area contributed by atoms with Crippen molar-refractivity contribution in [1.29, 1.82) is 0 Å². The molecule has 0 aromatic carbocycles. The quantitative estimate of drug-likeness (QED) is 0.783. The van der Waals surface area contributed by atoms with Crippen molar-refractivity contribution in [3.63, 3.8) is 0 Å². The van der Waals surface area contributed by atoms with Crippen LogP contribution in [0.1, 0.15) is 50.7 Å². The molecule has 0 aliphatic carbocycles. The number of hydrogen-bond acceptors (Lipinski definition) is 2. The number of fused-ring (bicyclic) bond motifs is 1. The molecule has 0 bridgehead atoms. The van der Waals surface area contributed by atoms with Crippen LogP contribution < -0.4 is 0 Å². The van der Waals surface area contributed by atoms with Crippen LogP contribution in [0, 0.1) is 5.92 Å². The van der Waals surface area contributed by atoms with Gasteiger partial charge in [0.15, 0.2) is 0 Å². The van der Waals surface area contributed by atoms with Crippen molar-refractivity contribution in [2.75, 3.05) is 13.1 Å². The predicted octanol–water partition coefficient (Wildman–Crippen LogP) is 2.62. The molecule has 0 N–H and O–H groups in total. The lowest BCUT2D eigenvalue weighted by Gasteiger charge is -2.20. The second kappa shape index (κ2) is 4.45. The summed E-state index contributed by atoms with van der Waals surface area (Å²) in [4.78, 5) is 7.47. The lowest BCUT2D eigenvalue weighted by atomic mass is 10.0. The molecule has 3 nitrogen and oxygen atoms in total. The molecule has 17 heavy (non-hydrogen) atoms. The minimum absolute atomic E-state index is 0.591. The number of hydrogen-bond donors (Lipinski definition) is 0. The minimum atomic E-state index is 0.591. The molecule has 2 unspecified atom stereocenters. The zero-order valence-electron chi connectivity index (χ0n) is 11.0. The maximum Gasteiger partial charge on any atom is 0.109 e. The first kappa shape index (κ1) is 11.3. The second-order valence-electron chi connectivity index (χ2n) is 5.66. The SMILES string of the molecule is CCN1CCCC1c1cn2c(n1)CC(C)CC2. The van der Waals surface area contributed by atoms with Crippen LogP contribution in [0.4, 0.5) is 0 Å². The molecule has 3 rings (SSSR count). The van der Waals surface area contributed by atoms with E-state index in [2.05, 4.69) is 29.5 Å². The van der Waals surface area contributed by atoms with Gasteiger partial charge in [0.05, 0.1) is 11.7 Å². The van der Waals surface area contributed by atoms with E-state index in [-0.39, 0.29) is 0 Å². The summed E-state index contributed by atoms with van der Waals surface area (Å²) in [5.74, 6) is 2.13. The third-order valence-electron chi connectivity index (χ3n) is 4.38. The van der Waals surface area contributed by atoms with Crippen molar-refractivity contribution in [2.24, 2.45) is 5.92 Å². The van der Waals surface area contributed by atoms with E-state index in [1.165, 1.54) is 50.3 Å². The van der Waals surface area contributed by atoms with E-state index in [9.17, 15) is 0 Å². The number of likely N-dealkylation sites (tertiary alicyclic amines) is 1. The fourth-order valence-electron chi connectivity index (χ4n) is 3.31. The van der Waals surface area contributed by atoms with Crippen LogP contribution in [0.25, 0.3) is 0 Å². The topological polar surface area (TPSA) is 21.1 Å². The highest BCUT2D eigenvalue weighted by Gasteiger charge is 2.28. The average molecular weight is 233 g/mol. The summed E-state index contributed by atoms with van der Waals surface area (Å²) < 4.78 is 2.39. The average Bonchev–Trinajstić information content (AvgIpc) is 2.93. The van der Waals surface area contributed by atoms with Gasteiger partial charge in [0, 0.05) is 19.2 Å². The Kier molecular flexibility index (Phi) is 2.95. The van der Waals surface area contributed by atoms with Crippen LogP contribution in [-0.2, 0) is 13.0 Å². The molecule has 1 aromatic heterocycles. The highest BCUT2D eigenvalue weighted by Crippen LogP contribution is 2.32. The van der Waals surface area contributed by atoms with E-state index in [4.69, 9.17) is 4.98 Å². The molecule has 1 aromatic rings. The first-order valence-electron chi connectivity index (χ1n) is 7.08. The molecule has 1 saturated heterocycles. The summed E-state index contributed by atoms with van der Waals surface area (Å²) in [7, 11) is 0. The summed E-state index contributed by atoms with van der Waals surface area (Å²) in [6, 6.07) is 0.591. The monoisotopic (exact) mass is 233 g/mol. The predicted molar refractivity (Wildman–Crippen MR) is 68.9 cm³/mol. The Morgan fingerprint density at radius 1 is 1.35 bits per heavy atom. The van der Waals surface area contributed by atoms with Gasteiger partial charge in [0.2, 0.25) is 0 Å². The van der Waals surface area contributed by atoms with Gasteiger partial charge in [0.25, 0.3) is 0 Å². The Labute approximate surface area is 104 Å². The standard InChI is InChI=1S/C14H23N3/c1-3-16-7-4-5-13(16)12-10-17-8-6-11(2)9-14(17)15-12/h10-11,13H,3-9H2,1-2H3. The van der Waals surface area contributed by atoms with E-state index in [0.29, 0.717) is 6.04 Å². The van der Waals surface area contributed by atoms with Gasteiger partial charge >= 0.3 is 0 Å². The maximum atomic E-state index is 4.90. The fraction of sp³-hybridized carbons (Fsp3) is 0.786. The summed E-state index contributed by atoms with van der Waals surface area (Å²) in [6.07, 6.45) is 7.42. The van der Waals surface area contributed by atoms with Crippen molar-refractivity contribution in [2.45, 2.75) is 52.1 Å². The maximum absolute atomic E-state index is 4.90. The Hall–Kier alpha value is -0.830. The second-order valence-corrected chi connectivity index (χ2v) is 5.66. The Morgan fingerprint density at radius 3 is 3.06 bits per heavy atom. The molecule has 94 valence electrons. The summed E-state index contributed by atoms with van der Waals surface area (Å²) in [5.41, 5.74) is 1.33. The molecule has 2 atom stereocenters. The first-order chi connectivity index (χ1) is 8.28. The van der Waals surface area contributed by atoms with Crippen LogP contribution in [0.5, 0.6) is 0 Å². The Bertz CT molecular complexity index is 396. The largest absolute Gasteiger partial charge is 0.335 e. The fourth-order valence-corrected chi connectivity index (χ4v) is 3.31. The molecule has 0 saturated carbocycles.